The summed E-state index contributed by atoms with van der Waals surface area (Å²) in [6.07, 6.45) is -0.447. The molecular formula is C17H22N2O5. The van der Waals surface area contributed by atoms with Gasteiger partial charge in [0, 0.05) is 19.7 Å². The molecule has 1 heterocycles. The molecule has 0 aliphatic carbocycles. The minimum atomic E-state index is -0.447. The number of ether oxygens (including phenoxy) is 2. The third-order valence-corrected chi connectivity index (χ3v) is 3.81. The van der Waals surface area contributed by atoms with Gasteiger partial charge in [-0.05, 0) is 38.1 Å². The van der Waals surface area contributed by atoms with Crippen LogP contribution in [0.1, 0.15) is 18.2 Å². The first-order valence-corrected chi connectivity index (χ1v) is 7.57. The number of hydrogen-bond donors (Lipinski definition) is 1. The van der Waals surface area contributed by atoms with E-state index in [1.165, 1.54) is 4.90 Å². The second-order valence-electron chi connectivity index (χ2n) is 5.59. The number of likely N-dealkylation sites (N-methyl/N-ethyl adjacent to an activating group) is 1. The van der Waals surface area contributed by atoms with Crippen molar-refractivity contribution in [2.24, 2.45) is 0 Å². The van der Waals surface area contributed by atoms with Crippen molar-refractivity contribution in [2.75, 3.05) is 20.8 Å². The molecule has 0 spiro atoms. The molecule has 0 saturated carbocycles. The summed E-state index contributed by atoms with van der Waals surface area (Å²) in [5, 5.41) is 13.3. The van der Waals surface area contributed by atoms with Crippen molar-refractivity contribution in [1.82, 2.24) is 10.1 Å². The Labute approximate surface area is 140 Å². The molecule has 2 aromatic rings. The van der Waals surface area contributed by atoms with Crippen molar-refractivity contribution in [1.29, 1.82) is 0 Å². The number of carbonyl (C=O) groups is 1. The van der Waals surface area contributed by atoms with E-state index in [1.54, 1.807) is 45.3 Å². The summed E-state index contributed by atoms with van der Waals surface area (Å²) in [5.74, 6) is 0.685. The number of aromatic nitrogens is 1. The van der Waals surface area contributed by atoms with Crippen LogP contribution in [0, 0.1) is 6.92 Å². The van der Waals surface area contributed by atoms with Crippen molar-refractivity contribution in [3.05, 3.63) is 35.5 Å². The summed E-state index contributed by atoms with van der Waals surface area (Å²) in [6, 6.07) is 6.45. The fraction of sp³-hybridized carbons (Fsp3) is 0.412. The maximum atomic E-state index is 12.1. The highest BCUT2D eigenvalue weighted by Crippen LogP contribution is 2.28. The zero-order valence-corrected chi connectivity index (χ0v) is 14.3. The monoisotopic (exact) mass is 334 g/mol. The molecule has 0 bridgehead atoms. The van der Waals surface area contributed by atoms with Gasteiger partial charge in [-0.3, -0.25) is 0 Å². The number of phenolic OH excluding ortho intramolecular Hbond substituents is 1. The molecule has 7 heteroatoms. The van der Waals surface area contributed by atoms with E-state index >= 15 is 0 Å². The van der Waals surface area contributed by atoms with Crippen molar-refractivity contribution < 1.29 is 23.9 Å². The van der Waals surface area contributed by atoms with Crippen molar-refractivity contribution in [2.45, 2.75) is 26.5 Å². The van der Waals surface area contributed by atoms with Crippen LogP contribution >= 0.6 is 0 Å². The fourth-order valence-corrected chi connectivity index (χ4v) is 2.17. The summed E-state index contributed by atoms with van der Waals surface area (Å²) in [6.45, 7) is 4.14. The molecule has 2 rings (SSSR count). The van der Waals surface area contributed by atoms with Gasteiger partial charge in [-0.1, -0.05) is 5.16 Å². The van der Waals surface area contributed by atoms with Crippen LogP contribution in [0.4, 0.5) is 4.79 Å². The topological polar surface area (TPSA) is 85.0 Å². The minimum absolute atomic E-state index is 0.0500. The Morgan fingerprint density at radius 1 is 1.38 bits per heavy atom. The highest BCUT2D eigenvalue weighted by Gasteiger charge is 2.20. The first kappa shape index (κ1) is 17.8. The van der Waals surface area contributed by atoms with E-state index in [1.807, 2.05) is 6.92 Å². The van der Waals surface area contributed by atoms with Crippen molar-refractivity contribution in [3.8, 4) is 17.1 Å². The van der Waals surface area contributed by atoms with Crippen LogP contribution in [0.15, 0.2) is 28.8 Å². The van der Waals surface area contributed by atoms with Gasteiger partial charge in [-0.15, -0.1) is 0 Å². The number of benzene rings is 1. The van der Waals surface area contributed by atoms with Gasteiger partial charge in [0.05, 0.1) is 23.9 Å². The van der Waals surface area contributed by atoms with E-state index in [2.05, 4.69) is 5.16 Å². The molecule has 1 aromatic carbocycles. The lowest BCUT2D eigenvalue weighted by Crippen LogP contribution is -2.38. The lowest BCUT2D eigenvalue weighted by Gasteiger charge is -2.23. The van der Waals surface area contributed by atoms with Crippen LogP contribution in [-0.4, -0.2) is 48.1 Å². The van der Waals surface area contributed by atoms with E-state index in [0.717, 1.165) is 5.56 Å². The fourth-order valence-electron chi connectivity index (χ4n) is 2.17. The Balaban J connectivity index is 2.09. The lowest BCUT2D eigenvalue weighted by atomic mass is 10.1. The van der Waals surface area contributed by atoms with Crippen molar-refractivity contribution in [3.63, 3.8) is 0 Å². The second kappa shape index (κ2) is 7.83. The lowest BCUT2D eigenvalue weighted by molar-refractivity contribution is 0.0704. The predicted octanol–water partition coefficient (Wildman–Crippen LogP) is 2.96. The summed E-state index contributed by atoms with van der Waals surface area (Å²) in [4.78, 5) is 13.6. The van der Waals surface area contributed by atoms with Crippen LogP contribution in [0.5, 0.6) is 5.75 Å². The number of aryl methyl sites for hydroxylation is 1. The van der Waals surface area contributed by atoms with Gasteiger partial charge in [0.25, 0.3) is 0 Å². The maximum absolute atomic E-state index is 12.1. The zero-order chi connectivity index (χ0) is 17.7. The average Bonchev–Trinajstić information content (AvgIpc) is 2.93. The number of amides is 1. The molecular weight excluding hydrogens is 312 g/mol. The third kappa shape index (κ3) is 4.05. The Morgan fingerprint density at radius 3 is 2.67 bits per heavy atom. The van der Waals surface area contributed by atoms with E-state index < -0.39 is 6.09 Å². The number of aromatic hydroxyl groups is 1. The normalized spacial score (nSPS) is 12.0. The molecule has 0 aliphatic rings. The molecule has 0 radical (unpaired) electrons. The Kier molecular flexibility index (Phi) is 5.81. The molecule has 1 N–H and O–H groups in total. The quantitative estimate of drug-likeness (QED) is 0.874. The van der Waals surface area contributed by atoms with E-state index in [4.69, 9.17) is 14.0 Å². The van der Waals surface area contributed by atoms with Gasteiger partial charge in [-0.25, -0.2) is 4.79 Å². The maximum Gasteiger partial charge on any atom is 0.410 e. The molecule has 1 unspecified atom stereocenters. The molecule has 0 fully saturated rings. The third-order valence-electron chi connectivity index (χ3n) is 3.81. The molecule has 7 nitrogen and oxygen atoms in total. The molecule has 0 aliphatic heterocycles. The van der Waals surface area contributed by atoms with Crippen LogP contribution in [0.2, 0.25) is 0 Å². The number of carbonyl (C=O) groups excluding carboxylic acids is 1. The molecule has 1 aromatic heterocycles. The highest BCUT2D eigenvalue weighted by molar-refractivity contribution is 5.68. The Hall–Kier alpha value is -2.54. The van der Waals surface area contributed by atoms with Gasteiger partial charge in [0.2, 0.25) is 0 Å². The average molecular weight is 334 g/mol. The minimum Gasteiger partial charge on any atom is -0.508 e. The first-order chi connectivity index (χ1) is 11.4. The number of rotatable bonds is 6. The first-order valence-electron chi connectivity index (χ1n) is 7.57. The number of phenols is 1. The zero-order valence-electron chi connectivity index (χ0n) is 14.3. The largest absolute Gasteiger partial charge is 0.508 e. The summed E-state index contributed by atoms with van der Waals surface area (Å²) in [5.41, 5.74) is 2.10. The van der Waals surface area contributed by atoms with Crippen LogP contribution < -0.4 is 0 Å². The van der Waals surface area contributed by atoms with Crippen LogP contribution in [0.25, 0.3) is 11.3 Å². The SMILES string of the molecule is COCC(C)N(C)C(=O)OCc1c(C)noc1-c1ccc(O)cc1. The van der Waals surface area contributed by atoms with Crippen LogP contribution in [0.3, 0.4) is 0 Å². The van der Waals surface area contributed by atoms with Crippen LogP contribution in [-0.2, 0) is 16.1 Å². The van der Waals surface area contributed by atoms with Gasteiger partial charge in [0.1, 0.15) is 12.4 Å². The van der Waals surface area contributed by atoms with E-state index in [-0.39, 0.29) is 18.4 Å². The number of methoxy groups -OCH3 is 1. The van der Waals surface area contributed by atoms with Gasteiger partial charge in [0.15, 0.2) is 5.76 Å². The van der Waals surface area contributed by atoms with E-state index in [9.17, 15) is 9.90 Å². The number of hydrogen-bond acceptors (Lipinski definition) is 6. The second-order valence-corrected chi connectivity index (χ2v) is 5.59. The van der Waals surface area contributed by atoms with E-state index in [0.29, 0.717) is 23.6 Å². The number of nitrogens with zero attached hydrogens (tertiary/aromatic N) is 2. The molecule has 1 atom stereocenters. The molecule has 1 amide bonds. The summed E-state index contributed by atoms with van der Waals surface area (Å²) in [7, 11) is 3.24. The molecule has 24 heavy (non-hydrogen) atoms. The molecule has 0 saturated heterocycles. The highest BCUT2D eigenvalue weighted by atomic mass is 16.6. The Morgan fingerprint density at radius 2 is 2.04 bits per heavy atom. The van der Waals surface area contributed by atoms with Gasteiger partial charge >= 0.3 is 6.09 Å². The smallest absolute Gasteiger partial charge is 0.410 e. The predicted molar refractivity (Wildman–Crippen MR) is 87.6 cm³/mol. The summed E-state index contributed by atoms with van der Waals surface area (Å²) < 4.78 is 15.7. The van der Waals surface area contributed by atoms with Gasteiger partial charge in [-0.2, -0.15) is 0 Å². The van der Waals surface area contributed by atoms with Gasteiger partial charge < -0.3 is 24.0 Å². The standard InChI is InChI=1S/C17H22N2O5/c1-11(9-22-4)19(3)17(21)23-10-15-12(2)18-24-16(15)13-5-7-14(20)8-6-13/h5-8,11,20H,9-10H2,1-4H3. The Bertz CT molecular complexity index is 681. The van der Waals surface area contributed by atoms with Crippen molar-refractivity contribution >= 4 is 6.09 Å². The summed E-state index contributed by atoms with van der Waals surface area (Å²) >= 11 is 0. The molecule has 130 valence electrons.